The first-order valence-corrected chi connectivity index (χ1v) is 6.60. The summed E-state index contributed by atoms with van der Waals surface area (Å²) in [7, 11) is 0. The largest absolute Gasteiger partial charge is 0.494 e. The minimum absolute atomic E-state index is 0.00131. The minimum Gasteiger partial charge on any atom is -0.494 e. The molecule has 3 N–H and O–H groups in total. The fraction of sp³-hybridized carbons (Fsp3) is 0.429. The lowest BCUT2D eigenvalue weighted by atomic mass is 10.2. The average molecular weight is 279 g/mol. The molecule has 1 aromatic rings. The van der Waals surface area contributed by atoms with E-state index in [0.717, 1.165) is 6.42 Å². The molecule has 0 heterocycles. The van der Waals surface area contributed by atoms with Crippen molar-refractivity contribution in [2.75, 3.05) is 19.7 Å². The summed E-state index contributed by atoms with van der Waals surface area (Å²) < 4.78 is 5.50. The van der Waals surface area contributed by atoms with Gasteiger partial charge in [0.2, 0.25) is 0 Å². The van der Waals surface area contributed by atoms with Crippen molar-refractivity contribution in [3.05, 3.63) is 29.8 Å². The van der Waals surface area contributed by atoms with Gasteiger partial charge in [-0.3, -0.25) is 4.79 Å². The van der Waals surface area contributed by atoms with Gasteiger partial charge in [-0.05, 0) is 31.5 Å². The predicted octanol–water partition coefficient (Wildman–Crippen LogP) is 1.68. The Labute approximate surface area is 118 Å². The van der Waals surface area contributed by atoms with Crippen LogP contribution in [0.15, 0.2) is 29.4 Å². The maximum absolute atomic E-state index is 12.3. The molecule has 110 valence electrons. The van der Waals surface area contributed by atoms with Crippen LogP contribution < -0.4 is 10.5 Å². The number of hydrogen-bond acceptors (Lipinski definition) is 4. The lowest BCUT2D eigenvalue weighted by Gasteiger charge is -2.20. The summed E-state index contributed by atoms with van der Waals surface area (Å²) in [6.45, 7) is 5.02. The topological polar surface area (TPSA) is 88.2 Å². The Morgan fingerprint density at radius 3 is 2.80 bits per heavy atom. The highest BCUT2D eigenvalue weighted by Gasteiger charge is 2.16. The van der Waals surface area contributed by atoms with Crippen LogP contribution in [0.5, 0.6) is 5.75 Å². The van der Waals surface area contributed by atoms with Gasteiger partial charge in [-0.2, -0.15) is 0 Å². The normalized spacial score (nSPS) is 11.2. The molecule has 20 heavy (non-hydrogen) atoms. The van der Waals surface area contributed by atoms with Crippen molar-refractivity contribution in [3.8, 4) is 5.75 Å². The van der Waals surface area contributed by atoms with Crippen molar-refractivity contribution in [2.45, 2.75) is 20.3 Å². The number of carbonyl (C=O) groups excluding carboxylic acids is 1. The molecule has 1 aromatic carbocycles. The maximum Gasteiger partial charge on any atom is 0.254 e. The third-order valence-corrected chi connectivity index (χ3v) is 2.70. The number of benzene rings is 1. The molecule has 0 unspecified atom stereocenters. The second kappa shape index (κ2) is 8.04. The molecule has 0 aliphatic heterocycles. The van der Waals surface area contributed by atoms with Gasteiger partial charge in [0.05, 0.1) is 13.2 Å². The molecule has 0 radical (unpaired) electrons. The van der Waals surface area contributed by atoms with Gasteiger partial charge in [-0.1, -0.05) is 18.1 Å². The van der Waals surface area contributed by atoms with Crippen molar-refractivity contribution in [3.63, 3.8) is 0 Å². The van der Waals surface area contributed by atoms with Crippen molar-refractivity contribution < 1.29 is 14.7 Å². The van der Waals surface area contributed by atoms with E-state index in [9.17, 15) is 4.79 Å². The zero-order valence-electron chi connectivity index (χ0n) is 11.9. The van der Waals surface area contributed by atoms with Gasteiger partial charge in [0.15, 0.2) is 5.84 Å². The number of carbonyl (C=O) groups is 1. The molecule has 0 bridgehead atoms. The van der Waals surface area contributed by atoms with Crippen molar-refractivity contribution in [1.82, 2.24) is 4.90 Å². The van der Waals surface area contributed by atoms with E-state index >= 15 is 0 Å². The molecule has 1 amide bonds. The van der Waals surface area contributed by atoms with Crippen LogP contribution in [0.2, 0.25) is 0 Å². The Kier molecular flexibility index (Phi) is 6.36. The number of nitrogens with two attached hydrogens (primary N) is 1. The first kappa shape index (κ1) is 15.8. The molecule has 0 aliphatic rings. The number of ether oxygens (including phenoxy) is 1. The Morgan fingerprint density at radius 1 is 1.45 bits per heavy atom. The van der Waals surface area contributed by atoms with Crippen LogP contribution in [0.1, 0.15) is 30.6 Å². The van der Waals surface area contributed by atoms with Gasteiger partial charge in [0, 0.05) is 12.1 Å². The Bertz CT molecular complexity index is 474. The van der Waals surface area contributed by atoms with Crippen LogP contribution in [-0.4, -0.2) is 41.5 Å². The summed E-state index contributed by atoms with van der Waals surface area (Å²) in [5.74, 6) is 0.484. The number of amides is 1. The van der Waals surface area contributed by atoms with Crippen molar-refractivity contribution in [1.29, 1.82) is 0 Å². The molecular formula is C14H21N3O3. The molecule has 6 nitrogen and oxygen atoms in total. The molecule has 1 rings (SSSR count). The van der Waals surface area contributed by atoms with E-state index in [1.54, 1.807) is 18.2 Å². The van der Waals surface area contributed by atoms with E-state index in [2.05, 4.69) is 5.16 Å². The number of likely N-dealkylation sites (N-methyl/N-ethyl adjacent to an activating group) is 1. The third-order valence-electron chi connectivity index (χ3n) is 2.70. The van der Waals surface area contributed by atoms with Crippen LogP contribution in [0.4, 0.5) is 0 Å². The first-order chi connectivity index (χ1) is 9.62. The van der Waals surface area contributed by atoms with E-state index in [1.165, 1.54) is 4.90 Å². The highest BCUT2D eigenvalue weighted by Crippen LogP contribution is 2.15. The zero-order chi connectivity index (χ0) is 15.0. The number of rotatable bonds is 7. The van der Waals surface area contributed by atoms with Crippen LogP contribution in [0, 0.1) is 0 Å². The fourth-order valence-electron chi connectivity index (χ4n) is 1.68. The van der Waals surface area contributed by atoms with Crippen LogP contribution in [0.25, 0.3) is 0 Å². The Morgan fingerprint density at radius 2 is 2.20 bits per heavy atom. The summed E-state index contributed by atoms with van der Waals surface area (Å²) in [4.78, 5) is 13.8. The van der Waals surface area contributed by atoms with Crippen molar-refractivity contribution in [2.24, 2.45) is 10.9 Å². The summed E-state index contributed by atoms with van der Waals surface area (Å²) in [6.07, 6.45) is 0.906. The SMILES string of the molecule is CCCOc1cccc(C(=O)N(CC)CC(N)=NO)c1. The summed E-state index contributed by atoms with van der Waals surface area (Å²) >= 11 is 0. The molecule has 0 spiro atoms. The molecule has 0 saturated heterocycles. The highest BCUT2D eigenvalue weighted by atomic mass is 16.5. The highest BCUT2D eigenvalue weighted by molar-refractivity contribution is 5.97. The van der Waals surface area contributed by atoms with Gasteiger partial charge < -0.3 is 20.6 Å². The van der Waals surface area contributed by atoms with Crippen LogP contribution in [-0.2, 0) is 0 Å². The minimum atomic E-state index is -0.180. The average Bonchev–Trinajstić information content (AvgIpc) is 2.49. The number of amidine groups is 1. The second-order valence-corrected chi connectivity index (χ2v) is 4.29. The van der Waals surface area contributed by atoms with Crippen LogP contribution in [0.3, 0.4) is 0 Å². The second-order valence-electron chi connectivity index (χ2n) is 4.29. The van der Waals surface area contributed by atoms with Gasteiger partial charge >= 0.3 is 0 Å². The molecule has 0 fully saturated rings. The van der Waals surface area contributed by atoms with Gasteiger partial charge in [-0.25, -0.2) is 0 Å². The van der Waals surface area contributed by atoms with Crippen LogP contribution >= 0.6 is 0 Å². The maximum atomic E-state index is 12.3. The lowest BCUT2D eigenvalue weighted by Crippen LogP contribution is -2.38. The predicted molar refractivity (Wildman–Crippen MR) is 77.2 cm³/mol. The van der Waals surface area contributed by atoms with E-state index in [-0.39, 0.29) is 18.3 Å². The third kappa shape index (κ3) is 4.46. The smallest absolute Gasteiger partial charge is 0.254 e. The summed E-state index contributed by atoms with van der Waals surface area (Å²) in [6, 6.07) is 7.00. The molecule has 0 saturated carbocycles. The summed E-state index contributed by atoms with van der Waals surface area (Å²) in [5.41, 5.74) is 5.96. The molecule has 0 aromatic heterocycles. The standard InChI is InChI=1S/C14H21N3O3/c1-3-8-20-12-7-5-6-11(9-12)14(18)17(4-2)10-13(15)16-19/h5-7,9,19H,3-4,8,10H2,1-2H3,(H2,15,16). The molecule has 0 atom stereocenters. The molecule has 0 aliphatic carbocycles. The number of nitrogens with zero attached hydrogens (tertiary/aromatic N) is 2. The monoisotopic (exact) mass is 279 g/mol. The molecule has 6 heteroatoms. The van der Waals surface area contributed by atoms with E-state index in [0.29, 0.717) is 24.5 Å². The Hall–Kier alpha value is -2.24. The van der Waals surface area contributed by atoms with Gasteiger partial charge in [0.25, 0.3) is 5.91 Å². The fourth-order valence-corrected chi connectivity index (χ4v) is 1.68. The quantitative estimate of drug-likeness (QED) is 0.344. The Balaban J connectivity index is 2.83. The number of oxime groups is 1. The summed E-state index contributed by atoms with van der Waals surface area (Å²) in [5, 5.41) is 11.5. The lowest BCUT2D eigenvalue weighted by molar-refractivity contribution is 0.0785. The van der Waals surface area contributed by atoms with E-state index in [4.69, 9.17) is 15.7 Å². The molecular weight excluding hydrogens is 258 g/mol. The number of hydrogen-bond donors (Lipinski definition) is 2. The van der Waals surface area contributed by atoms with E-state index in [1.807, 2.05) is 19.9 Å². The van der Waals surface area contributed by atoms with E-state index < -0.39 is 0 Å². The van der Waals surface area contributed by atoms with Crippen molar-refractivity contribution >= 4 is 11.7 Å². The first-order valence-electron chi connectivity index (χ1n) is 6.60. The van der Waals surface area contributed by atoms with Gasteiger partial charge in [-0.15, -0.1) is 0 Å². The van der Waals surface area contributed by atoms with Gasteiger partial charge in [0.1, 0.15) is 5.75 Å². The zero-order valence-corrected chi connectivity index (χ0v) is 11.9.